The lowest BCUT2D eigenvalue weighted by atomic mass is 9.50. The number of carboxylic acid groups (broad SMARTS) is 1. The number of aliphatic carboxylic acids is 1. The zero-order valence-corrected chi connectivity index (χ0v) is 19.2. The number of benzene rings is 1. The number of hydrogen-bond acceptors (Lipinski definition) is 9. The van der Waals surface area contributed by atoms with Gasteiger partial charge < -0.3 is 40.1 Å². The fourth-order valence-electron chi connectivity index (χ4n) is 6.26. The molecule has 2 aliphatic carbocycles. The predicted molar refractivity (Wildman–Crippen MR) is 119 cm³/mol. The van der Waals surface area contributed by atoms with Crippen LogP contribution in [0.3, 0.4) is 0 Å². The molecular weight excluding hydrogens is 460 g/mol. The van der Waals surface area contributed by atoms with Crippen LogP contribution in [0.25, 0.3) is 0 Å². The Labute approximate surface area is 200 Å². The second kappa shape index (κ2) is 8.21. The quantitative estimate of drug-likeness (QED) is 0.318. The van der Waals surface area contributed by atoms with Crippen LogP contribution < -0.4 is 10.1 Å². The zero-order valence-electron chi connectivity index (χ0n) is 19.2. The first-order valence-electron chi connectivity index (χ1n) is 11.6. The number of esters is 1. The van der Waals surface area contributed by atoms with Gasteiger partial charge in [0.25, 0.3) is 0 Å². The molecule has 2 heterocycles. The minimum Gasteiger partial charge on any atom is -0.504 e. The van der Waals surface area contributed by atoms with Crippen molar-refractivity contribution in [2.45, 2.75) is 61.4 Å². The molecular formula is C24H28N2O9. The third-order valence-corrected chi connectivity index (χ3v) is 7.90. The van der Waals surface area contributed by atoms with Gasteiger partial charge in [0.15, 0.2) is 23.7 Å². The lowest BCUT2D eigenvalue weighted by molar-refractivity contribution is -0.169. The van der Waals surface area contributed by atoms with Crippen LogP contribution in [0, 0.1) is 0 Å². The molecule has 0 aromatic heterocycles. The van der Waals surface area contributed by atoms with Crippen molar-refractivity contribution < 1.29 is 44.3 Å². The number of nitrogens with zero attached hydrogens (tertiary/aromatic N) is 1. The van der Waals surface area contributed by atoms with E-state index in [9.17, 15) is 29.7 Å². The topological polar surface area (TPSA) is 166 Å². The standard InChI is InChI=1S/C24H28N2O9/c1-26-9-7-23-19-12-2-3-13(27)20(19)35-21(23)15(4-6-24(23,33)16(26)10-12)34-18(30)5-8-25-17(29)11-14(28)22(31)32/h2-4,14,16,21,27-28,33H,5-11H2,1H3,(H,25,29)(H,31,32)/t14-,16+,21?,23?,24+/m0/s1. The molecule has 1 aromatic carbocycles. The minimum absolute atomic E-state index is 0.0239. The molecule has 5 rings (SSSR count). The summed E-state index contributed by atoms with van der Waals surface area (Å²) in [6, 6.07) is 3.29. The Hall–Kier alpha value is -3.15. The number of carbonyl (C=O) groups excluding carboxylic acids is 2. The monoisotopic (exact) mass is 488 g/mol. The number of carbonyl (C=O) groups is 3. The fourth-order valence-corrected chi connectivity index (χ4v) is 6.26. The molecule has 35 heavy (non-hydrogen) atoms. The maximum absolute atomic E-state index is 12.6. The number of aromatic hydroxyl groups is 1. The second-order valence-electron chi connectivity index (χ2n) is 9.73. The van der Waals surface area contributed by atoms with Crippen molar-refractivity contribution in [2.75, 3.05) is 20.1 Å². The number of aliphatic hydroxyl groups excluding tert-OH is 1. The number of likely N-dealkylation sites (tertiary alicyclic amines) is 1. The molecule has 4 aliphatic rings. The summed E-state index contributed by atoms with van der Waals surface area (Å²) in [6.45, 7) is 0.604. The van der Waals surface area contributed by atoms with Crippen LogP contribution in [0.15, 0.2) is 24.0 Å². The molecule has 5 atom stereocenters. The number of phenolic OH excluding ortho intramolecular Hbond substituents is 1. The molecule has 11 heteroatoms. The zero-order chi connectivity index (χ0) is 25.1. The lowest BCUT2D eigenvalue weighted by Crippen LogP contribution is -2.74. The van der Waals surface area contributed by atoms with Gasteiger partial charge in [-0.2, -0.15) is 0 Å². The summed E-state index contributed by atoms with van der Waals surface area (Å²) in [4.78, 5) is 37.1. The number of ether oxygens (including phenoxy) is 2. The van der Waals surface area contributed by atoms with Gasteiger partial charge in [0, 0.05) is 24.6 Å². The Balaban J connectivity index is 1.34. The maximum atomic E-state index is 12.6. The number of amides is 1. The van der Waals surface area contributed by atoms with E-state index < -0.39 is 47.5 Å². The van der Waals surface area contributed by atoms with Crippen molar-refractivity contribution in [3.05, 3.63) is 35.1 Å². The van der Waals surface area contributed by atoms with E-state index in [0.29, 0.717) is 25.1 Å². The normalized spacial score (nSPS) is 31.0. The molecule has 1 aromatic rings. The molecule has 188 valence electrons. The van der Waals surface area contributed by atoms with Crippen LogP contribution in [0.5, 0.6) is 11.5 Å². The van der Waals surface area contributed by atoms with Crippen molar-refractivity contribution in [2.24, 2.45) is 0 Å². The fraction of sp³-hybridized carbons (Fsp3) is 0.542. The van der Waals surface area contributed by atoms with Crippen molar-refractivity contribution in [3.63, 3.8) is 0 Å². The van der Waals surface area contributed by atoms with E-state index in [2.05, 4.69) is 10.2 Å². The Morgan fingerprint density at radius 2 is 2.11 bits per heavy atom. The van der Waals surface area contributed by atoms with Crippen LogP contribution in [-0.4, -0.2) is 87.2 Å². The molecule has 1 spiro atoms. The molecule has 1 amide bonds. The number of nitrogens with one attached hydrogen (secondary N) is 1. The van der Waals surface area contributed by atoms with Gasteiger partial charge >= 0.3 is 11.9 Å². The van der Waals surface area contributed by atoms with Gasteiger partial charge in [0.2, 0.25) is 5.91 Å². The van der Waals surface area contributed by atoms with E-state index in [4.69, 9.17) is 14.6 Å². The van der Waals surface area contributed by atoms with Crippen molar-refractivity contribution in [3.8, 4) is 11.5 Å². The summed E-state index contributed by atoms with van der Waals surface area (Å²) in [5, 5.41) is 42.9. The molecule has 2 bridgehead atoms. The Bertz CT molecular complexity index is 1130. The van der Waals surface area contributed by atoms with Crippen LogP contribution >= 0.6 is 0 Å². The number of carboxylic acids is 1. The summed E-state index contributed by atoms with van der Waals surface area (Å²) >= 11 is 0. The van der Waals surface area contributed by atoms with Crippen LogP contribution in [-0.2, 0) is 31.0 Å². The number of piperidine rings is 1. The maximum Gasteiger partial charge on any atom is 0.333 e. The van der Waals surface area contributed by atoms with Gasteiger partial charge in [-0.15, -0.1) is 0 Å². The number of phenols is 1. The summed E-state index contributed by atoms with van der Waals surface area (Å²) in [7, 11) is 1.98. The second-order valence-corrected chi connectivity index (χ2v) is 9.73. The highest BCUT2D eigenvalue weighted by Gasteiger charge is 2.72. The lowest BCUT2D eigenvalue weighted by Gasteiger charge is -2.61. The molecule has 5 N–H and O–H groups in total. The van der Waals surface area contributed by atoms with E-state index in [-0.39, 0.29) is 36.9 Å². The Morgan fingerprint density at radius 1 is 1.34 bits per heavy atom. The van der Waals surface area contributed by atoms with Crippen LogP contribution in [0.2, 0.25) is 0 Å². The predicted octanol–water partition coefficient (Wildman–Crippen LogP) is -0.445. The summed E-state index contributed by atoms with van der Waals surface area (Å²) < 4.78 is 11.8. The molecule has 11 nitrogen and oxygen atoms in total. The molecule has 1 saturated heterocycles. The first-order chi connectivity index (χ1) is 16.6. The summed E-state index contributed by atoms with van der Waals surface area (Å²) in [5.74, 6) is -2.29. The largest absolute Gasteiger partial charge is 0.504 e. The van der Waals surface area contributed by atoms with Gasteiger partial charge in [-0.05, 0) is 44.1 Å². The van der Waals surface area contributed by atoms with E-state index >= 15 is 0 Å². The SMILES string of the molecule is CN1CCC23c4c5ccc(O)c4OC2C(OC(=O)CCNC(=O)C[C@H](O)C(=O)O)=CC[C@@]3(O)[C@H]1C5. The third-order valence-electron chi connectivity index (χ3n) is 7.90. The first kappa shape index (κ1) is 23.6. The Morgan fingerprint density at radius 3 is 2.86 bits per heavy atom. The van der Waals surface area contributed by atoms with Gasteiger partial charge in [-0.25, -0.2) is 4.79 Å². The van der Waals surface area contributed by atoms with E-state index in [0.717, 1.165) is 11.1 Å². The van der Waals surface area contributed by atoms with Gasteiger partial charge in [-0.3, -0.25) is 9.59 Å². The number of aliphatic hydroxyl groups is 2. The van der Waals surface area contributed by atoms with E-state index in [1.165, 1.54) is 0 Å². The third kappa shape index (κ3) is 3.40. The minimum atomic E-state index is -1.82. The van der Waals surface area contributed by atoms with Gasteiger partial charge in [0.1, 0.15) is 5.76 Å². The molecule has 0 radical (unpaired) electrons. The van der Waals surface area contributed by atoms with Gasteiger partial charge in [-0.1, -0.05) is 6.07 Å². The van der Waals surface area contributed by atoms with Crippen molar-refractivity contribution in [1.82, 2.24) is 10.2 Å². The summed E-state index contributed by atoms with van der Waals surface area (Å²) in [6.07, 6.45) is -0.315. The van der Waals surface area contributed by atoms with Crippen LogP contribution in [0.4, 0.5) is 0 Å². The number of rotatable bonds is 7. The number of likely N-dealkylation sites (N-methyl/N-ethyl adjacent to an activating group) is 1. The van der Waals surface area contributed by atoms with Crippen molar-refractivity contribution in [1.29, 1.82) is 0 Å². The smallest absolute Gasteiger partial charge is 0.333 e. The van der Waals surface area contributed by atoms with Crippen molar-refractivity contribution >= 4 is 17.8 Å². The van der Waals surface area contributed by atoms with E-state index in [1.807, 2.05) is 13.1 Å². The average molecular weight is 488 g/mol. The highest BCUT2D eigenvalue weighted by Crippen LogP contribution is 2.65. The average Bonchev–Trinajstić information content (AvgIpc) is 3.15. The van der Waals surface area contributed by atoms with Crippen LogP contribution in [0.1, 0.15) is 36.8 Å². The van der Waals surface area contributed by atoms with E-state index in [1.54, 1.807) is 12.1 Å². The Kier molecular flexibility index (Phi) is 5.53. The highest BCUT2D eigenvalue weighted by atomic mass is 16.6. The molecule has 2 unspecified atom stereocenters. The first-order valence-corrected chi connectivity index (χ1v) is 11.6. The molecule has 0 saturated carbocycles. The number of hydrogen-bond donors (Lipinski definition) is 5. The van der Waals surface area contributed by atoms with Gasteiger partial charge in [0.05, 0.1) is 23.9 Å². The molecule has 1 fully saturated rings. The molecule has 2 aliphatic heterocycles. The summed E-state index contributed by atoms with van der Waals surface area (Å²) in [5.41, 5.74) is -0.233. The highest BCUT2D eigenvalue weighted by molar-refractivity contribution is 5.83.